The fraction of sp³-hybridized carbons (Fsp3) is 0.222. The fourth-order valence-electron chi connectivity index (χ4n) is 0.938. The molecule has 0 saturated carbocycles. The van der Waals surface area contributed by atoms with Gasteiger partial charge in [-0.1, -0.05) is 39.7 Å². The third-order valence-electron chi connectivity index (χ3n) is 1.84. The zero-order valence-electron chi connectivity index (χ0n) is 8.08. The summed E-state index contributed by atoms with van der Waals surface area (Å²) in [5, 5.41) is 0. The summed E-state index contributed by atoms with van der Waals surface area (Å²) >= 11 is 11.7. The summed E-state index contributed by atoms with van der Waals surface area (Å²) in [7, 11) is -3.74. The van der Waals surface area contributed by atoms with E-state index in [1.165, 1.54) is 12.1 Å². The number of benzene rings is 1. The smallest absolute Gasteiger partial charge is 0.261 e. The lowest BCUT2D eigenvalue weighted by atomic mass is 10.1. The predicted octanol–water partition coefficient (Wildman–Crippen LogP) is 2.96. The van der Waals surface area contributed by atoms with Gasteiger partial charge in [0, 0.05) is 16.3 Å². The highest BCUT2D eigenvalue weighted by molar-refractivity contribution is 9.12. The van der Waals surface area contributed by atoms with E-state index in [9.17, 15) is 13.2 Å². The van der Waals surface area contributed by atoms with E-state index in [0.29, 0.717) is 0 Å². The lowest BCUT2D eigenvalue weighted by molar-refractivity contribution is 0.1000. The van der Waals surface area contributed by atoms with E-state index >= 15 is 0 Å². The van der Waals surface area contributed by atoms with Crippen molar-refractivity contribution in [3.05, 3.63) is 34.3 Å². The van der Waals surface area contributed by atoms with Crippen LogP contribution >= 0.6 is 43.5 Å². The molecule has 1 atom stereocenters. The molecule has 3 nitrogen and oxygen atoms in total. The number of hydrogen-bond acceptors (Lipinski definition) is 3. The zero-order chi connectivity index (χ0) is 12.6. The Morgan fingerprint density at radius 2 is 1.75 bits per heavy atom. The van der Waals surface area contributed by atoms with Gasteiger partial charge >= 0.3 is 0 Å². The molecule has 0 aliphatic carbocycles. The van der Waals surface area contributed by atoms with Gasteiger partial charge in [0.2, 0.25) is 5.78 Å². The minimum Gasteiger partial charge on any atom is -0.290 e. The molecule has 0 N–H and O–H groups in total. The molecule has 1 aromatic carbocycles. The number of hydrogen-bond donors (Lipinski definition) is 0. The molecule has 88 valence electrons. The van der Waals surface area contributed by atoms with Gasteiger partial charge in [0.25, 0.3) is 3.12 Å². The largest absolute Gasteiger partial charge is 0.290 e. The summed E-state index contributed by atoms with van der Waals surface area (Å²) in [6.45, 7) is 0. The summed E-state index contributed by atoms with van der Waals surface area (Å²) in [6, 6.07) is 6.26. The van der Waals surface area contributed by atoms with Gasteiger partial charge in [0.15, 0.2) is 9.84 Å². The molecule has 0 fully saturated rings. The summed E-state index contributed by atoms with van der Waals surface area (Å²) in [6.07, 6.45) is 0.894. The Labute approximate surface area is 115 Å². The summed E-state index contributed by atoms with van der Waals surface area (Å²) < 4.78 is 21.3. The maximum atomic E-state index is 11.9. The standard InChI is InChI=1S/C9H7Br2ClO3S/c1-16(14,15)9(11,12)8(13)6-2-4-7(10)5-3-6/h2-5H,1H3/t9-/m0/s1. The van der Waals surface area contributed by atoms with Crippen LogP contribution in [0.4, 0.5) is 0 Å². The van der Waals surface area contributed by atoms with Gasteiger partial charge in [0.1, 0.15) is 0 Å². The van der Waals surface area contributed by atoms with E-state index in [2.05, 4.69) is 31.9 Å². The first kappa shape index (κ1) is 14.2. The highest BCUT2D eigenvalue weighted by Crippen LogP contribution is 2.33. The molecule has 0 aromatic heterocycles. The second-order valence-corrected chi connectivity index (χ2v) is 9.16. The van der Waals surface area contributed by atoms with E-state index in [-0.39, 0.29) is 5.56 Å². The summed E-state index contributed by atoms with van der Waals surface area (Å²) in [5.74, 6) is -0.704. The van der Waals surface area contributed by atoms with Crippen molar-refractivity contribution in [1.29, 1.82) is 0 Å². The summed E-state index contributed by atoms with van der Waals surface area (Å²) in [4.78, 5) is 11.9. The Hall–Kier alpha value is 0.0900. The van der Waals surface area contributed by atoms with Crippen molar-refractivity contribution < 1.29 is 13.2 Å². The predicted molar refractivity (Wildman–Crippen MR) is 70.8 cm³/mol. The van der Waals surface area contributed by atoms with Crippen molar-refractivity contribution in [3.8, 4) is 0 Å². The van der Waals surface area contributed by atoms with Crippen LogP contribution in [0, 0.1) is 0 Å². The van der Waals surface area contributed by atoms with Crippen LogP contribution in [0.2, 0.25) is 0 Å². The van der Waals surface area contributed by atoms with Crippen LogP contribution in [0.5, 0.6) is 0 Å². The van der Waals surface area contributed by atoms with Crippen molar-refractivity contribution in [2.45, 2.75) is 3.12 Å². The Balaban J connectivity index is 3.18. The Bertz CT molecular complexity index is 508. The van der Waals surface area contributed by atoms with Crippen LogP contribution in [-0.4, -0.2) is 23.6 Å². The molecule has 0 amide bonds. The SMILES string of the molecule is CS(=O)(=O)[C@](Cl)(Br)C(=O)c1ccc(Br)cc1. The first-order valence-corrected chi connectivity index (χ1v) is 7.89. The Kier molecular flexibility index (Phi) is 4.21. The lowest BCUT2D eigenvalue weighted by Gasteiger charge is -2.16. The fourth-order valence-corrected chi connectivity index (χ4v) is 1.99. The van der Waals surface area contributed by atoms with Crippen molar-refractivity contribution in [1.82, 2.24) is 0 Å². The van der Waals surface area contributed by atoms with E-state index in [4.69, 9.17) is 11.6 Å². The number of sulfone groups is 1. The highest BCUT2D eigenvalue weighted by Gasteiger charge is 2.44. The van der Waals surface area contributed by atoms with Gasteiger partial charge in [0.05, 0.1) is 0 Å². The molecule has 0 spiro atoms. The topological polar surface area (TPSA) is 51.2 Å². The highest BCUT2D eigenvalue weighted by atomic mass is 79.9. The molecule has 0 unspecified atom stereocenters. The minimum atomic E-state index is -3.74. The molecule has 1 rings (SSSR count). The van der Waals surface area contributed by atoms with Gasteiger partial charge in [-0.15, -0.1) is 0 Å². The maximum Gasteiger partial charge on any atom is 0.261 e. The Morgan fingerprint density at radius 1 is 1.31 bits per heavy atom. The van der Waals surface area contributed by atoms with Crippen molar-refractivity contribution >= 4 is 59.1 Å². The van der Waals surface area contributed by atoms with E-state index in [1.807, 2.05) is 0 Å². The minimum absolute atomic E-state index is 0.223. The van der Waals surface area contributed by atoms with Crippen molar-refractivity contribution in [3.63, 3.8) is 0 Å². The first-order chi connectivity index (χ1) is 7.16. The number of halogens is 3. The van der Waals surface area contributed by atoms with Crippen molar-refractivity contribution in [2.75, 3.05) is 6.26 Å². The van der Waals surface area contributed by atoms with Crippen LogP contribution in [-0.2, 0) is 9.84 Å². The third-order valence-corrected chi connectivity index (χ3v) is 6.62. The van der Waals surface area contributed by atoms with Crippen LogP contribution in [0.25, 0.3) is 0 Å². The van der Waals surface area contributed by atoms with Gasteiger partial charge in [-0.05, 0) is 28.1 Å². The molecule has 0 saturated heterocycles. The molecular weight excluding hydrogens is 383 g/mol. The molecule has 16 heavy (non-hydrogen) atoms. The quantitative estimate of drug-likeness (QED) is 0.589. The zero-order valence-corrected chi connectivity index (χ0v) is 12.8. The van der Waals surface area contributed by atoms with Crippen LogP contribution in [0.15, 0.2) is 28.7 Å². The number of alkyl halides is 2. The molecule has 0 aliphatic rings. The van der Waals surface area contributed by atoms with Crippen molar-refractivity contribution in [2.24, 2.45) is 0 Å². The Morgan fingerprint density at radius 3 is 2.12 bits per heavy atom. The molecule has 7 heteroatoms. The lowest BCUT2D eigenvalue weighted by Crippen LogP contribution is -2.34. The van der Waals surface area contributed by atoms with Gasteiger partial charge < -0.3 is 0 Å². The van der Waals surface area contributed by atoms with Crippen LogP contribution in [0.1, 0.15) is 10.4 Å². The summed E-state index contributed by atoms with van der Waals surface area (Å²) in [5.41, 5.74) is 0.223. The van der Waals surface area contributed by atoms with Crippen LogP contribution < -0.4 is 0 Å². The van der Waals surface area contributed by atoms with E-state index in [0.717, 1.165) is 10.7 Å². The number of carbonyl (C=O) groups excluding carboxylic acids is 1. The van der Waals surface area contributed by atoms with Gasteiger partial charge in [-0.2, -0.15) is 0 Å². The molecule has 0 radical (unpaired) electrons. The van der Waals surface area contributed by atoms with Gasteiger partial charge in [-0.3, -0.25) is 4.79 Å². The maximum absolute atomic E-state index is 11.9. The monoisotopic (exact) mass is 388 g/mol. The first-order valence-electron chi connectivity index (χ1n) is 4.04. The number of carbonyl (C=O) groups is 1. The molecular formula is C9H7Br2ClO3S. The van der Waals surface area contributed by atoms with E-state index in [1.54, 1.807) is 12.1 Å². The molecule has 1 aromatic rings. The molecule has 0 aliphatic heterocycles. The molecule has 0 heterocycles. The average Bonchev–Trinajstić information content (AvgIpc) is 2.16. The van der Waals surface area contributed by atoms with Crippen LogP contribution in [0.3, 0.4) is 0 Å². The number of rotatable bonds is 3. The number of Topliss-reactive ketones (excluding diaryl/α,β-unsaturated/α-hetero) is 1. The second-order valence-electron chi connectivity index (χ2n) is 3.12. The number of ketones is 1. The average molecular weight is 390 g/mol. The normalized spacial score (nSPS) is 15.5. The second kappa shape index (κ2) is 4.76. The third kappa shape index (κ3) is 2.85. The molecule has 0 bridgehead atoms. The van der Waals surface area contributed by atoms with Gasteiger partial charge in [-0.25, -0.2) is 8.42 Å². The van der Waals surface area contributed by atoms with E-state index < -0.39 is 18.7 Å².